The predicted molar refractivity (Wildman–Crippen MR) is 48.1 cm³/mol. The van der Waals surface area contributed by atoms with Crippen LogP contribution in [0, 0.1) is 11.3 Å². The molecule has 1 aromatic rings. The molecule has 0 aromatic carbocycles. The van der Waals surface area contributed by atoms with E-state index in [1.54, 1.807) is 6.07 Å². The van der Waals surface area contributed by atoms with Crippen LogP contribution < -0.4 is 5.32 Å². The molecule has 0 bridgehead atoms. The first-order valence-corrected chi connectivity index (χ1v) is 3.95. The minimum atomic E-state index is 0.393. The lowest BCUT2D eigenvalue weighted by atomic mass is 10.2. The Morgan fingerprint density at radius 1 is 1.75 bits per heavy atom. The molecule has 0 saturated heterocycles. The van der Waals surface area contributed by atoms with Crippen LogP contribution in [0.1, 0.15) is 12.5 Å². The van der Waals surface area contributed by atoms with Crippen molar-refractivity contribution in [3.63, 3.8) is 0 Å². The Balaban J connectivity index is 3.06. The number of nitrogens with one attached hydrogen (secondary N) is 1. The van der Waals surface area contributed by atoms with Gasteiger partial charge in [0.15, 0.2) is 0 Å². The van der Waals surface area contributed by atoms with Crippen LogP contribution in [0.4, 0.5) is 5.69 Å². The first-order valence-electron chi connectivity index (χ1n) is 3.57. The molecular formula is C8H8ClN3. The maximum absolute atomic E-state index is 8.66. The number of anilines is 1. The Morgan fingerprint density at radius 2 is 2.50 bits per heavy atom. The molecule has 4 heteroatoms. The molecule has 0 spiro atoms. The predicted octanol–water partition coefficient (Wildman–Crippen LogP) is 2.04. The summed E-state index contributed by atoms with van der Waals surface area (Å²) < 4.78 is 0. The summed E-state index contributed by atoms with van der Waals surface area (Å²) >= 11 is 5.65. The minimum absolute atomic E-state index is 0.393. The Labute approximate surface area is 76.0 Å². The van der Waals surface area contributed by atoms with Gasteiger partial charge in [0.05, 0.1) is 11.3 Å². The summed E-state index contributed by atoms with van der Waals surface area (Å²) in [5.74, 6) is 0. The van der Waals surface area contributed by atoms with Crippen molar-refractivity contribution in [1.82, 2.24) is 4.98 Å². The van der Waals surface area contributed by atoms with E-state index in [2.05, 4.69) is 10.3 Å². The molecule has 0 atom stereocenters. The van der Waals surface area contributed by atoms with Crippen molar-refractivity contribution in [1.29, 1.82) is 5.26 Å². The Morgan fingerprint density at radius 3 is 3.08 bits per heavy atom. The lowest BCUT2D eigenvalue weighted by molar-refractivity contribution is 1.19. The molecule has 3 nitrogen and oxygen atoms in total. The SMILES string of the molecule is CCNc1cc(Cl)ncc1C#N. The van der Waals surface area contributed by atoms with Gasteiger partial charge in [0, 0.05) is 12.7 Å². The zero-order valence-corrected chi connectivity index (χ0v) is 7.39. The first kappa shape index (κ1) is 8.82. The van der Waals surface area contributed by atoms with Gasteiger partial charge in [0.2, 0.25) is 0 Å². The maximum Gasteiger partial charge on any atom is 0.131 e. The molecule has 1 heterocycles. The molecule has 0 amide bonds. The zero-order chi connectivity index (χ0) is 8.97. The minimum Gasteiger partial charge on any atom is -0.384 e. The fraction of sp³-hybridized carbons (Fsp3) is 0.250. The van der Waals surface area contributed by atoms with Crippen molar-refractivity contribution in [2.75, 3.05) is 11.9 Å². The summed E-state index contributed by atoms with van der Waals surface area (Å²) in [6, 6.07) is 3.67. The van der Waals surface area contributed by atoms with Gasteiger partial charge in [-0.05, 0) is 13.0 Å². The average molecular weight is 182 g/mol. The second-order valence-electron chi connectivity index (χ2n) is 2.19. The van der Waals surface area contributed by atoms with E-state index in [1.807, 2.05) is 13.0 Å². The van der Waals surface area contributed by atoms with E-state index in [0.717, 1.165) is 12.2 Å². The average Bonchev–Trinajstić information content (AvgIpc) is 2.05. The van der Waals surface area contributed by atoms with E-state index in [9.17, 15) is 0 Å². The van der Waals surface area contributed by atoms with Gasteiger partial charge in [-0.15, -0.1) is 0 Å². The lowest BCUT2D eigenvalue weighted by Gasteiger charge is -2.04. The summed E-state index contributed by atoms with van der Waals surface area (Å²) in [6.07, 6.45) is 1.46. The van der Waals surface area contributed by atoms with Crippen LogP contribution >= 0.6 is 11.6 Å². The molecule has 0 aliphatic rings. The molecule has 62 valence electrons. The fourth-order valence-corrected chi connectivity index (χ4v) is 1.01. The van der Waals surface area contributed by atoms with E-state index in [4.69, 9.17) is 16.9 Å². The number of halogens is 1. The van der Waals surface area contributed by atoms with Crippen molar-refractivity contribution in [3.05, 3.63) is 23.0 Å². The van der Waals surface area contributed by atoms with Gasteiger partial charge in [-0.3, -0.25) is 0 Å². The van der Waals surface area contributed by atoms with Gasteiger partial charge in [0.1, 0.15) is 11.2 Å². The lowest BCUT2D eigenvalue weighted by Crippen LogP contribution is -1.99. The third-order valence-corrected chi connectivity index (χ3v) is 1.56. The summed E-state index contributed by atoms with van der Waals surface area (Å²) in [7, 11) is 0. The van der Waals surface area contributed by atoms with Crippen LogP contribution in [0.15, 0.2) is 12.3 Å². The van der Waals surface area contributed by atoms with Gasteiger partial charge in [-0.1, -0.05) is 11.6 Å². The second kappa shape index (κ2) is 3.93. The smallest absolute Gasteiger partial charge is 0.131 e. The Hall–Kier alpha value is -1.27. The molecule has 1 N–H and O–H groups in total. The molecule has 1 aromatic heterocycles. The third-order valence-electron chi connectivity index (χ3n) is 1.36. The summed E-state index contributed by atoms with van der Waals surface area (Å²) in [5.41, 5.74) is 1.25. The highest BCUT2D eigenvalue weighted by Gasteiger charge is 2.01. The summed E-state index contributed by atoms with van der Waals surface area (Å²) in [6.45, 7) is 2.71. The number of nitrogens with zero attached hydrogens (tertiary/aromatic N) is 2. The molecule has 0 saturated carbocycles. The van der Waals surface area contributed by atoms with Crippen molar-refractivity contribution in [3.8, 4) is 6.07 Å². The quantitative estimate of drug-likeness (QED) is 0.711. The van der Waals surface area contributed by atoms with Crippen molar-refractivity contribution in [2.24, 2.45) is 0 Å². The van der Waals surface area contributed by atoms with Gasteiger partial charge >= 0.3 is 0 Å². The van der Waals surface area contributed by atoms with Crippen LogP contribution in [0.3, 0.4) is 0 Å². The molecule has 0 aliphatic heterocycles. The molecule has 0 radical (unpaired) electrons. The number of hydrogen-bond acceptors (Lipinski definition) is 3. The summed E-state index contributed by atoms with van der Waals surface area (Å²) in [5, 5.41) is 12.1. The molecule has 0 unspecified atom stereocenters. The van der Waals surface area contributed by atoms with E-state index in [-0.39, 0.29) is 0 Å². The number of nitriles is 1. The van der Waals surface area contributed by atoms with E-state index in [0.29, 0.717) is 10.7 Å². The van der Waals surface area contributed by atoms with Crippen LogP contribution in [-0.2, 0) is 0 Å². The topological polar surface area (TPSA) is 48.7 Å². The van der Waals surface area contributed by atoms with Crippen molar-refractivity contribution in [2.45, 2.75) is 6.92 Å². The second-order valence-corrected chi connectivity index (χ2v) is 2.58. The normalized spacial score (nSPS) is 9.08. The first-order chi connectivity index (χ1) is 5.77. The van der Waals surface area contributed by atoms with Crippen LogP contribution in [0.2, 0.25) is 5.15 Å². The maximum atomic E-state index is 8.66. The van der Waals surface area contributed by atoms with Gasteiger partial charge in [-0.25, -0.2) is 4.98 Å². The highest BCUT2D eigenvalue weighted by Crippen LogP contribution is 2.17. The zero-order valence-electron chi connectivity index (χ0n) is 6.63. The van der Waals surface area contributed by atoms with Crippen LogP contribution in [-0.4, -0.2) is 11.5 Å². The molecule has 0 fully saturated rings. The highest BCUT2D eigenvalue weighted by atomic mass is 35.5. The highest BCUT2D eigenvalue weighted by molar-refractivity contribution is 6.29. The largest absolute Gasteiger partial charge is 0.384 e. The molecule has 12 heavy (non-hydrogen) atoms. The standard InChI is InChI=1S/C8H8ClN3/c1-2-11-7-3-8(9)12-5-6(7)4-10/h3,5H,2H2,1H3,(H,11,12). The third kappa shape index (κ3) is 1.86. The Kier molecular flexibility index (Phi) is 2.89. The van der Waals surface area contributed by atoms with Gasteiger partial charge in [0.25, 0.3) is 0 Å². The monoisotopic (exact) mass is 181 g/mol. The Bertz CT molecular complexity index is 317. The van der Waals surface area contributed by atoms with Crippen LogP contribution in [0.25, 0.3) is 0 Å². The number of pyridine rings is 1. The number of rotatable bonds is 2. The summed E-state index contributed by atoms with van der Waals surface area (Å²) in [4.78, 5) is 3.80. The number of aromatic nitrogens is 1. The van der Waals surface area contributed by atoms with Crippen molar-refractivity contribution >= 4 is 17.3 Å². The number of hydrogen-bond donors (Lipinski definition) is 1. The molecule has 0 aliphatic carbocycles. The van der Waals surface area contributed by atoms with Gasteiger partial charge in [-0.2, -0.15) is 5.26 Å². The van der Waals surface area contributed by atoms with E-state index >= 15 is 0 Å². The molecular weight excluding hydrogens is 174 g/mol. The molecule has 1 rings (SSSR count). The fourth-order valence-electron chi connectivity index (χ4n) is 0.856. The van der Waals surface area contributed by atoms with Crippen molar-refractivity contribution < 1.29 is 0 Å². The van der Waals surface area contributed by atoms with E-state index < -0.39 is 0 Å². The van der Waals surface area contributed by atoms with Crippen LogP contribution in [0.5, 0.6) is 0 Å². The van der Waals surface area contributed by atoms with Gasteiger partial charge < -0.3 is 5.32 Å². The van der Waals surface area contributed by atoms with E-state index in [1.165, 1.54) is 6.20 Å².